The Balaban J connectivity index is 2.33. The summed E-state index contributed by atoms with van der Waals surface area (Å²) >= 11 is 3.39. The molecule has 1 aliphatic heterocycles. The van der Waals surface area contributed by atoms with Crippen molar-refractivity contribution in [2.75, 3.05) is 33.9 Å². The van der Waals surface area contributed by atoms with E-state index >= 15 is 0 Å². The Morgan fingerprint density at radius 2 is 2.21 bits per heavy atom. The third-order valence-corrected chi connectivity index (χ3v) is 3.72. The van der Waals surface area contributed by atoms with Crippen LogP contribution in [0.4, 0.5) is 0 Å². The minimum absolute atomic E-state index is 0.0904. The molecule has 1 N–H and O–H groups in total. The van der Waals surface area contributed by atoms with Gasteiger partial charge in [-0.1, -0.05) is 0 Å². The van der Waals surface area contributed by atoms with Crippen LogP contribution in [0.3, 0.4) is 0 Å². The first kappa shape index (κ1) is 14.3. The summed E-state index contributed by atoms with van der Waals surface area (Å²) in [5.41, 5.74) is 0.490. The number of hydrogen-bond acceptors (Lipinski definition) is 5. The zero-order valence-electron chi connectivity index (χ0n) is 10.9. The summed E-state index contributed by atoms with van der Waals surface area (Å²) in [7, 11) is 3.09. The van der Waals surface area contributed by atoms with Crippen molar-refractivity contribution in [2.45, 2.75) is 6.10 Å². The van der Waals surface area contributed by atoms with Crippen LogP contribution < -0.4 is 14.8 Å². The summed E-state index contributed by atoms with van der Waals surface area (Å²) in [5, 5.41) is 3.14. The third-order valence-electron chi connectivity index (χ3n) is 2.97. The van der Waals surface area contributed by atoms with Crippen LogP contribution in [0, 0.1) is 0 Å². The van der Waals surface area contributed by atoms with Crippen LogP contribution in [0.1, 0.15) is 10.4 Å². The van der Waals surface area contributed by atoms with Gasteiger partial charge in [0.1, 0.15) is 22.1 Å². The lowest BCUT2D eigenvalue weighted by Crippen LogP contribution is -2.43. The lowest BCUT2D eigenvalue weighted by atomic mass is 10.0. The maximum atomic E-state index is 12.4. The zero-order chi connectivity index (χ0) is 13.8. The van der Waals surface area contributed by atoms with Crippen molar-refractivity contribution in [3.63, 3.8) is 0 Å². The van der Waals surface area contributed by atoms with E-state index in [1.165, 1.54) is 7.11 Å². The standard InChI is InChI=1S/C13H16BrNO4/c1-17-9-4-3-8(13(18-2)11(9)14)12(16)10-7-15-5-6-19-10/h3-4,10,15H,5-7H2,1-2H3. The molecule has 104 valence electrons. The molecule has 6 heteroatoms. The van der Waals surface area contributed by atoms with Gasteiger partial charge in [-0.05, 0) is 28.1 Å². The Hall–Kier alpha value is -1.11. The molecular weight excluding hydrogens is 314 g/mol. The monoisotopic (exact) mass is 329 g/mol. The van der Waals surface area contributed by atoms with Gasteiger partial charge in [-0.15, -0.1) is 0 Å². The molecule has 1 aromatic carbocycles. The molecular formula is C13H16BrNO4. The molecule has 0 bridgehead atoms. The number of hydrogen-bond donors (Lipinski definition) is 1. The Morgan fingerprint density at radius 1 is 1.42 bits per heavy atom. The van der Waals surface area contributed by atoms with Gasteiger partial charge in [-0.25, -0.2) is 0 Å². The Morgan fingerprint density at radius 3 is 2.79 bits per heavy atom. The van der Waals surface area contributed by atoms with Crippen LogP contribution >= 0.6 is 15.9 Å². The quantitative estimate of drug-likeness (QED) is 0.851. The number of ether oxygens (including phenoxy) is 3. The van der Waals surface area contributed by atoms with Gasteiger partial charge in [-0.2, -0.15) is 0 Å². The summed E-state index contributed by atoms with van der Waals surface area (Å²) < 4.78 is 16.6. The van der Waals surface area contributed by atoms with Crippen LogP contribution in [-0.2, 0) is 4.74 Å². The summed E-state index contributed by atoms with van der Waals surface area (Å²) in [6.07, 6.45) is -0.469. The maximum Gasteiger partial charge on any atom is 0.196 e. The van der Waals surface area contributed by atoms with E-state index in [0.29, 0.717) is 34.7 Å². The molecule has 1 aromatic rings. The number of carbonyl (C=O) groups is 1. The predicted molar refractivity (Wildman–Crippen MR) is 74.2 cm³/mol. The van der Waals surface area contributed by atoms with Crippen LogP contribution in [0.25, 0.3) is 0 Å². The average Bonchev–Trinajstić information content (AvgIpc) is 2.47. The smallest absolute Gasteiger partial charge is 0.196 e. The number of benzene rings is 1. The van der Waals surface area contributed by atoms with Crippen molar-refractivity contribution in [1.82, 2.24) is 5.32 Å². The van der Waals surface area contributed by atoms with E-state index in [9.17, 15) is 4.79 Å². The van der Waals surface area contributed by atoms with Crippen LogP contribution in [0.5, 0.6) is 11.5 Å². The van der Waals surface area contributed by atoms with Gasteiger partial charge in [0.2, 0.25) is 0 Å². The van der Waals surface area contributed by atoms with Crippen molar-refractivity contribution >= 4 is 21.7 Å². The first-order chi connectivity index (χ1) is 9.19. The molecule has 1 atom stereocenters. The molecule has 0 amide bonds. The molecule has 2 rings (SSSR count). The first-order valence-corrected chi connectivity index (χ1v) is 6.75. The molecule has 1 fully saturated rings. The van der Waals surface area contributed by atoms with Gasteiger partial charge in [-0.3, -0.25) is 4.79 Å². The van der Waals surface area contributed by atoms with E-state index in [1.54, 1.807) is 19.2 Å². The lowest BCUT2D eigenvalue weighted by molar-refractivity contribution is 0.0267. The molecule has 0 aliphatic carbocycles. The van der Waals surface area contributed by atoms with Crippen molar-refractivity contribution in [2.24, 2.45) is 0 Å². The maximum absolute atomic E-state index is 12.4. The molecule has 5 nitrogen and oxygen atoms in total. The molecule has 1 aliphatic rings. The van der Waals surface area contributed by atoms with Gasteiger partial charge in [0.25, 0.3) is 0 Å². The topological polar surface area (TPSA) is 56.8 Å². The minimum atomic E-state index is -0.469. The van der Waals surface area contributed by atoms with Gasteiger partial charge >= 0.3 is 0 Å². The van der Waals surface area contributed by atoms with Crippen LogP contribution in [-0.4, -0.2) is 45.8 Å². The highest BCUT2D eigenvalue weighted by atomic mass is 79.9. The molecule has 19 heavy (non-hydrogen) atoms. The van der Waals surface area contributed by atoms with E-state index in [1.807, 2.05) is 0 Å². The average molecular weight is 330 g/mol. The molecule has 0 aromatic heterocycles. The van der Waals surface area contributed by atoms with Crippen LogP contribution in [0.15, 0.2) is 16.6 Å². The highest BCUT2D eigenvalue weighted by molar-refractivity contribution is 9.10. The second-order valence-corrected chi connectivity index (χ2v) is 4.88. The highest BCUT2D eigenvalue weighted by Gasteiger charge is 2.27. The SMILES string of the molecule is COc1ccc(C(=O)C2CNCCO2)c(OC)c1Br. The fourth-order valence-corrected chi connectivity index (χ4v) is 2.67. The summed E-state index contributed by atoms with van der Waals surface area (Å²) in [4.78, 5) is 12.4. The molecule has 0 spiro atoms. The van der Waals surface area contributed by atoms with E-state index in [2.05, 4.69) is 21.2 Å². The van der Waals surface area contributed by atoms with Crippen molar-refractivity contribution in [3.05, 3.63) is 22.2 Å². The van der Waals surface area contributed by atoms with E-state index in [0.717, 1.165) is 6.54 Å². The fourth-order valence-electron chi connectivity index (χ4n) is 2.00. The minimum Gasteiger partial charge on any atom is -0.495 e. The van der Waals surface area contributed by atoms with E-state index < -0.39 is 6.10 Å². The fraction of sp³-hybridized carbons (Fsp3) is 0.462. The number of halogens is 1. The Bertz CT molecular complexity index is 472. The predicted octanol–water partition coefficient (Wildman–Crippen LogP) is 1.64. The molecule has 1 unspecified atom stereocenters. The first-order valence-electron chi connectivity index (χ1n) is 5.96. The summed E-state index contributed by atoms with van der Waals surface area (Å²) in [5.74, 6) is 1.00. The van der Waals surface area contributed by atoms with E-state index in [-0.39, 0.29) is 5.78 Å². The number of rotatable bonds is 4. The van der Waals surface area contributed by atoms with Gasteiger partial charge in [0.05, 0.1) is 26.4 Å². The zero-order valence-corrected chi connectivity index (χ0v) is 12.5. The third kappa shape index (κ3) is 2.91. The second-order valence-electron chi connectivity index (χ2n) is 4.09. The van der Waals surface area contributed by atoms with Crippen LogP contribution in [0.2, 0.25) is 0 Å². The second kappa shape index (κ2) is 6.36. The number of morpholine rings is 1. The molecule has 1 saturated heterocycles. The van der Waals surface area contributed by atoms with Gasteiger partial charge < -0.3 is 19.5 Å². The number of nitrogens with one attached hydrogen (secondary N) is 1. The van der Waals surface area contributed by atoms with Crippen molar-refractivity contribution < 1.29 is 19.0 Å². The molecule has 0 radical (unpaired) electrons. The molecule has 1 heterocycles. The van der Waals surface area contributed by atoms with Crippen molar-refractivity contribution in [3.8, 4) is 11.5 Å². The number of methoxy groups -OCH3 is 2. The summed E-state index contributed by atoms with van der Waals surface area (Å²) in [6, 6.07) is 3.43. The number of ketones is 1. The Labute approximate surface area is 120 Å². The van der Waals surface area contributed by atoms with Gasteiger partial charge in [0, 0.05) is 13.1 Å². The molecule has 0 saturated carbocycles. The Kier molecular flexibility index (Phi) is 4.79. The normalized spacial score (nSPS) is 19.0. The number of carbonyl (C=O) groups excluding carboxylic acids is 1. The lowest BCUT2D eigenvalue weighted by Gasteiger charge is -2.23. The largest absolute Gasteiger partial charge is 0.495 e. The highest BCUT2D eigenvalue weighted by Crippen LogP contribution is 2.37. The van der Waals surface area contributed by atoms with Gasteiger partial charge in [0.15, 0.2) is 5.78 Å². The van der Waals surface area contributed by atoms with Crippen molar-refractivity contribution in [1.29, 1.82) is 0 Å². The number of Topliss-reactive ketones (excluding diaryl/α,β-unsaturated/α-hetero) is 1. The van der Waals surface area contributed by atoms with E-state index in [4.69, 9.17) is 14.2 Å². The summed E-state index contributed by atoms with van der Waals surface area (Å²) in [6.45, 7) is 1.83.